The standard InChI is InChI=1S/C9H12OSi/c1-3-11(4-2)9-7-5-6-8-10-9/h1-2,9,11H,5-8H2. The molecule has 11 heavy (non-hydrogen) atoms. The van der Waals surface area contributed by atoms with Gasteiger partial charge in [-0.05, 0) is 19.3 Å². The lowest BCUT2D eigenvalue weighted by atomic mass is 10.2. The minimum atomic E-state index is -1.44. The van der Waals surface area contributed by atoms with Crippen LogP contribution >= 0.6 is 0 Å². The normalized spacial score (nSPS) is 24.1. The zero-order valence-electron chi connectivity index (χ0n) is 6.55. The van der Waals surface area contributed by atoms with Gasteiger partial charge >= 0.3 is 0 Å². The van der Waals surface area contributed by atoms with E-state index >= 15 is 0 Å². The average Bonchev–Trinajstić information content (AvgIpc) is 2.09. The molecule has 1 fully saturated rings. The van der Waals surface area contributed by atoms with Gasteiger partial charge in [-0.2, -0.15) is 0 Å². The van der Waals surface area contributed by atoms with Gasteiger partial charge in [-0.15, -0.1) is 23.9 Å². The van der Waals surface area contributed by atoms with Gasteiger partial charge in [0.15, 0.2) is 0 Å². The molecule has 0 aliphatic carbocycles. The van der Waals surface area contributed by atoms with Crippen molar-refractivity contribution < 1.29 is 4.74 Å². The molecule has 0 aromatic carbocycles. The van der Waals surface area contributed by atoms with Gasteiger partial charge in [-0.25, -0.2) is 0 Å². The summed E-state index contributed by atoms with van der Waals surface area (Å²) in [5.41, 5.74) is 5.65. The zero-order chi connectivity index (χ0) is 8.10. The fourth-order valence-electron chi connectivity index (χ4n) is 1.29. The SMILES string of the molecule is C#C[SiH](C#C)C1CCCCO1. The maximum atomic E-state index is 5.50. The van der Waals surface area contributed by atoms with Gasteiger partial charge in [-0.3, -0.25) is 0 Å². The highest BCUT2D eigenvalue weighted by Crippen LogP contribution is 2.14. The lowest BCUT2D eigenvalue weighted by molar-refractivity contribution is 0.0646. The Hall–Kier alpha value is -0.703. The summed E-state index contributed by atoms with van der Waals surface area (Å²) in [5.74, 6) is 0. The minimum absolute atomic E-state index is 0.249. The first-order valence-corrected chi connectivity index (χ1v) is 5.74. The van der Waals surface area contributed by atoms with Crippen LogP contribution in [0, 0.1) is 23.9 Å². The van der Waals surface area contributed by atoms with Crippen LogP contribution < -0.4 is 0 Å². The van der Waals surface area contributed by atoms with E-state index in [1.807, 2.05) is 0 Å². The van der Waals surface area contributed by atoms with E-state index in [0.717, 1.165) is 19.4 Å². The second-order valence-corrected chi connectivity index (χ2v) is 5.08. The van der Waals surface area contributed by atoms with Crippen molar-refractivity contribution in [1.29, 1.82) is 0 Å². The second kappa shape index (κ2) is 4.23. The zero-order valence-corrected chi connectivity index (χ0v) is 7.70. The molecule has 1 aliphatic heterocycles. The molecule has 58 valence electrons. The maximum absolute atomic E-state index is 5.50. The Kier molecular flexibility index (Phi) is 3.23. The van der Waals surface area contributed by atoms with Crippen molar-refractivity contribution >= 4 is 8.80 Å². The quantitative estimate of drug-likeness (QED) is 0.409. The smallest absolute Gasteiger partial charge is 0.229 e. The van der Waals surface area contributed by atoms with Gasteiger partial charge in [0.05, 0.1) is 5.73 Å². The highest BCUT2D eigenvalue weighted by Gasteiger charge is 2.22. The predicted octanol–water partition coefficient (Wildman–Crippen LogP) is 0.667. The molecule has 0 spiro atoms. The van der Waals surface area contributed by atoms with Gasteiger partial charge in [0, 0.05) is 6.61 Å². The number of ether oxygens (including phenoxy) is 1. The van der Waals surface area contributed by atoms with Crippen molar-refractivity contribution in [3.05, 3.63) is 0 Å². The summed E-state index contributed by atoms with van der Waals surface area (Å²) in [7, 11) is -1.44. The Morgan fingerprint density at radius 3 is 2.45 bits per heavy atom. The molecule has 0 bridgehead atoms. The molecule has 1 nitrogen and oxygen atoms in total. The molecule has 2 heteroatoms. The Morgan fingerprint density at radius 1 is 1.27 bits per heavy atom. The third-order valence-corrected chi connectivity index (χ3v) is 3.93. The van der Waals surface area contributed by atoms with Crippen molar-refractivity contribution in [2.75, 3.05) is 6.61 Å². The van der Waals surface area contributed by atoms with E-state index in [1.165, 1.54) is 6.42 Å². The summed E-state index contributed by atoms with van der Waals surface area (Å²) >= 11 is 0. The molecule has 1 heterocycles. The lowest BCUT2D eigenvalue weighted by Crippen LogP contribution is -2.34. The molecule has 0 N–H and O–H groups in total. The van der Waals surface area contributed by atoms with Crippen LogP contribution in [0.3, 0.4) is 0 Å². The van der Waals surface area contributed by atoms with E-state index in [0.29, 0.717) is 0 Å². The molecule has 1 rings (SSSR count). The topological polar surface area (TPSA) is 9.23 Å². The van der Waals surface area contributed by atoms with E-state index < -0.39 is 8.80 Å². The molecular weight excluding hydrogens is 152 g/mol. The monoisotopic (exact) mass is 164 g/mol. The van der Waals surface area contributed by atoms with Crippen LogP contribution in [-0.4, -0.2) is 21.1 Å². The van der Waals surface area contributed by atoms with Crippen LogP contribution in [-0.2, 0) is 4.74 Å². The van der Waals surface area contributed by atoms with Gasteiger partial charge < -0.3 is 4.74 Å². The van der Waals surface area contributed by atoms with Gasteiger partial charge in [0.25, 0.3) is 0 Å². The molecule has 1 aliphatic rings. The second-order valence-electron chi connectivity index (χ2n) is 2.72. The average molecular weight is 164 g/mol. The summed E-state index contributed by atoms with van der Waals surface area (Å²) in [6, 6.07) is 0. The predicted molar refractivity (Wildman–Crippen MR) is 48.4 cm³/mol. The summed E-state index contributed by atoms with van der Waals surface area (Å²) < 4.78 is 5.50. The molecular formula is C9H12OSi. The van der Waals surface area contributed by atoms with Crippen LogP contribution in [0.1, 0.15) is 19.3 Å². The number of hydrogen-bond donors (Lipinski definition) is 0. The Balaban J connectivity index is 2.46. The maximum Gasteiger partial charge on any atom is 0.229 e. The van der Waals surface area contributed by atoms with Crippen LogP contribution in [0.2, 0.25) is 0 Å². The molecule has 0 radical (unpaired) electrons. The number of hydrogen-bond acceptors (Lipinski definition) is 1. The van der Waals surface area contributed by atoms with Gasteiger partial charge in [0.1, 0.15) is 0 Å². The molecule has 0 saturated carbocycles. The molecule has 0 aromatic heterocycles. The first kappa shape index (κ1) is 8.39. The Morgan fingerprint density at radius 2 is 2.00 bits per heavy atom. The molecule has 1 atom stereocenters. The summed E-state index contributed by atoms with van der Waals surface area (Å²) in [5, 5.41) is 0. The first-order valence-electron chi connectivity index (χ1n) is 3.92. The van der Waals surface area contributed by atoms with Crippen molar-refractivity contribution in [2.24, 2.45) is 0 Å². The summed E-state index contributed by atoms with van der Waals surface area (Å²) in [6.45, 7) is 0.845. The highest BCUT2D eigenvalue weighted by molar-refractivity contribution is 6.76. The Bertz CT molecular complexity index is 179. The fraction of sp³-hybridized carbons (Fsp3) is 0.556. The highest BCUT2D eigenvalue weighted by atomic mass is 28.3. The van der Waals surface area contributed by atoms with E-state index in [1.54, 1.807) is 0 Å². The van der Waals surface area contributed by atoms with Crippen LogP contribution in [0.15, 0.2) is 0 Å². The number of rotatable bonds is 1. The van der Waals surface area contributed by atoms with Crippen molar-refractivity contribution in [1.82, 2.24) is 0 Å². The van der Waals surface area contributed by atoms with E-state index in [-0.39, 0.29) is 5.73 Å². The van der Waals surface area contributed by atoms with Gasteiger partial charge in [0.2, 0.25) is 8.80 Å². The first-order chi connectivity index (χ1) is 5.38. The van der Waals surface area contributed by atoms with Crippen LogP contribution in [0.25, 0.3) is 0 Å². The minimum Gasteiger partial charge on any atom is -0.380 e. The summed E-state index contributed by atoms with van der Waals surface area (Å²) in [4.78, 5) is 0. The van der Waals surface area contributed by atoms with Crippen molar-refractivity contribution in [3.8, 4) is 23.9 Å². The van der Waals surface area contributed by atoms with E-state index in [2.05, 4.69) is 11.1 Å². The molecule has 0 aromatic rings. The molecule has 0 amide bonds. The third-order valence-electron chi connectivity index (χ3n) is 1.95. The van der Waals surface area contributed by atoms with Crippen LogP contribution in [0.5, 0.6) is 0 Å². The Labute approximate surface area is 69.7 Å². The largest absolute Gasteiger partial charge is 0.380 e. The number of terminal acetylenes is 2. The molecule has 1 saturated heterocycles. The van der Waals surface area contributed by atoms with Crippen LogP contribution in [0.4, 0.5) is 0 Å². The van der Waals surface area contributed by atoms with Gasteiger partial charge in [-0.1, -0.05) is 0 Å². The fourth-order valence-corrected chi connectivity index (χ4v) is 2.71. The van der Waals surface area contributed by atoms with E-state index in [9.17, 15) is 0 Å². The third kappa shape index (κ3) is 2.12. The van der Waals surface area contributed by atoms with E-state index in [4.69, 9.17) is 17.6 Å². The lowest BCUT2D eigenvalue weighted by Gasteiger charge is -2.23. The van der Waals surface area contributed by atoms with Crippen molar-refractivity contribution in [3.63, 3.8) is 0 Å². The van der Waals surface area contributed by atoms with Crippen molar-refractivity contribution in [2.45, 2.75) is 25.0 Å². The summed E-state index contributed by atoms with van der Waals surface area (Å²) in [6.07, 6.45) is 14.1. The molecule has 1 unspecified atom stereocenters.